The molecular formula is C13H26N2O2. The Morgan fingerprint density at radius 1 is 1.29 bits per heavy atom. The molecule has 1 atom stereocenters. The van der Waals surface area contributed by atoms with Crippen LogP contribution in [0.4, 0.5) is 4.79 Å². The fraction of sp³-hybridized carbons (Fsp3) is 0.923. The van der Waals surface area contributed by atoms with E-state index in [2.05, 4.69) is 12.2 Å². The highest BCUT2D eigenvalue weighted by atomic mass is 16.6. The highest BCUT2D eigenvalue weighted by Gasteiger charge is 2.26. The van der Waals surface area contributed by atoms with Crippen molar-refractivity contribution in [3.63, 3.8) is 0 Å². The first-order valence-electron chi connectivity index (χ1n) is 6.53. The third-order valence-electron chi connectivity index (χ3n) is 3.24. The van der Waals surface area contributed by atoms with Gasteiger partial charge in [-0.05, 0) is 59.3 Å². The molecule has 0 aromatic rings. The number of ether oxygens (including phenoxy) is 1. The average molecular weight is 242 g/mol. The van der Waals surface area contributed by atoms with Crippen LogP contribution >= 0.6 is 0 Å². The molecule has 17 heavy (non-hydrogen) atoms. The quantitative estimate of drug-likeness (QED) is 0.781. The van der Waals surface area contributed by atoms with E-state index in [1.807, 2.05) is 20.8 Å². The Labute approximate surface area is 104 Å². The van der Waals surface area contributed by atoms with E-state index in [1.165, 1.54) is 0 Å². The molecule has 1 aliphatic rings. The number of carbonyl (C=O) groups is 1. The number of hydrogen-bond acceptors (Lipinski definition) is 3. The predicted molar refractivity (Wildman–Crippen MR) is 68.8 cm³/mol. The molecule has 0 heterocycles. The van der Waals surface area contributed by atoms with E-state index < -0.39 is 5.60 Å². The molecule has 0 aromatic carbocycles. The van der Waals surface area contributed by atoms with Crippen LogP contribution in [-0.2, 0) is 4.74 Å². The third-order valence-corrected chi connectivity index (χ3v) is 3.24. The molecular weight excluding hydrogens is 216 g/mol. The van der Waals surface area contributed by atoms with E-state index in [4.69, 9.17) is 10.5 Å². The fourth-order valence-corrected chi connectivity index (χ4v) is 2.26. The van der Waals surface area contributed by atoms with Crippen LogP contribution in [0.3, 0.4) is 0 Å². The normalized spacial score (nSPS) is 27.4. The van der Waals surface area contributed by atoms with Gasteiger partial charge < -0.3 is 15.8 Å². The number of nitrogens with two attached hydrogens (primary N) is 1. The van der Waals surface area contributed by atoms with Gasteiger partial charge >= 0.3 is 6.09 Å². The third kappa shape index (κ3) is 5.39. The van der Waals surface area contributed by atoms with Gasteiger partial charge in [0.15, 0.2) is 0 Å². The van der Waals surface area contributed by atoms with Crippen LogP contribution in [0.15, 0.2) is 0 Å². The molecule has 0 saturated heterocycles. The lowest BCUT2D eigenvalue weighted by molar-refractivity contribution is 0.0486. The summed E-state index contributed by atoms with van der Waals surface area (Å²) in [7, 11) is 0. The summed E-state index contributed by atoms with van der Waals surface area (Å²) < 4.78 is 5.24. The first kappa shape index (κ1) is 14.3. The lowest BCUT2D eigenvalue weighted by Gasteiger charge is -2.31. The lowest BCUT2D eigenvalue weighted by atomic mass is 9.82. The van der Waals surface area contributed by atoms with Crippen molar-refractivity contribution >= 4 is 6.09 Å². The topological polar surface area (TPSA) is 64.3 Å². The Morgan fingerprint density at radius 3 is 2.24 bits per heavy atom. The van der Waals surface area contributed by atoms with Crippen molar-refractivity contribution in [2.45, 2.75) is 71.1 Å². The first-order valence-corrected chi connectivity index (χ1v) is 6.53. The minimum atomic E-state index is -0.424. The molecule has 1 fully saturated rings. The molecule has 1 amide bonds. The Bertz CT molecular complexity index is 251. The second-order valence-corrected chi connectivity index (χ2v) is 6.12. The maximum atomic E-state index is 11.6. The maximum absolute atomic E-state index is 11.6. The summed E-state index contributed by atoms with van der Waals surface area (Å²) in [5.41, 5.74) is 5.46. The van der Waals surface area contributed by atoms with Crippen LogP contribution < -0.4 is 11.1 Å². The monoisotopic (exact) mass is 242 g/mol. The van der Waals surface area contributed by atoms with Gasteiger partial charge in [0.1, 0.15) is 5.60 Å². The van der Waals surface area contributed by atoms with Crippen molar-refractivity contribution in [2.75, 3.05) is 0 Å². The Morgan fingerprint density at radius 2 is 1.82 bits per heavy atom. The first-order chi connectivity index (χ1) is 7.78. The van der Waals surface area contributed by atoms with Gasteiger partial charge in [-0.3, -0.25) is 0 Å². The van der Waals surface area contributed by atoms with Crippen molar-refractivity contribution in [3.05, 3.63) is 0 Å². The molecule has 0 unspecified atom stereocenters. The Kier molecular flexibility index (Phi) is 4.80. The number of hydrogen-bond donors (Lipinski definition) is 2. The van der Waals surface area contributed by atoms with Gasteiger partial charge in [-0.1, -0.05) is 0 Å². The molecule has 0 spiro atoms. The van der Waals surface area contributed by atoms with Crippen molar-refractivity contribution in [1.82, 2.24) is 5.32 Å². The molecule has 100 valence electrons. The van der Waals surface area contributed by atoms with Crippen molar-refractivity contribution in [3.8, 4) is 0 Å². The van der Waals surface area contributed by atoms with E-state index >= 15 is 0 Å². The summed E-state index contributed by atoms with van der Waals surface area (Å²) in [5, 5.41) is 2.93. The SMILES string of the molecule is C[C@@H](N)C1CCC(NC(=O)OC(C)(C)C)CC1. The molecule has 1 rings (SSSR count). The number of carbonyl (C=O) groups excluding carboxylic acids is 1. The van der Waals surface area contributed by atoms with Crippen molar-refractivity contribution in [2.24, 2.45) is 11.7 Å². The largest absolute Gasteiger partial charge is 0.444 e. The molecule has 1 aliphatic carbocycles. The molecule has 4 heteroatoms. The molecule has 1 saturated carbocycles. The number of amides is 1. The lowest BCUT2D eigenvalue weighted by Crippen LogP contribution is -2.42. The van der Waals surface area contributed by atoms with Crippen LogP contribution in [0.5, 0.6) is 0 Å². The van der Waals surface area contributed by atoms with Gasteiger partial charge in [0.2, 0.25) is 0 Å². The average Bonchev–Trinajstić information content (AvgIpc) is 2.15. The van der Waals surface area contributed by atoms with Crippen LogP contribution in [0, 0.1) is 5.92 Å². The van der Waals surface area contributed by atoms with Gasteiger partial charge in [0.25, 0.3) is 0 Å². The highest BCUT2D eigenvalue weighted by Crippen LogP contribution is 2.26. The zero-order chi connectivity index (χ0) is 13.1. The molecule has 0 bridgehead atoms. The highest BCUT2D eigenvalue weighted by molar-refractivity contribution is 5.68. The van der Waals surface area contributed by atoms with Gasteiger partial charge in [0.05, 0.1) is 0 Å². The van der Waals surface area contributed by atoms with E-state index in [-0.39, 0.29) is 18.2 Å². The second-order valence-electron chi connectivity index (χ2n) is 6.12. The summed E-state index contributed by atoms with van der Waals surface area (Å²) in [6.45, 7) is 7.69. The molecule has 0 aromatic heterocycles. The zero-order valence-electron chi connectivity index (χ0n) is 11.5. The standard InChI is InChI=1S/C13H26N2O2/c1-9(14)10-5-7-11(8-6-10)15-12(16)17-13(2,3)4/h9-11H,5-8,14H2,1-4H3,(H,15,16)/t9-,10?,11?/m1/s1. The summed E-state index contributed by atoms with van der Waals surface area (Å²) in [4.78, 5) is 11.6. The van der Waals surface area contributed by atoms with Gasteiger partial charge in [-0.15, -0.1) is 0 Å². The molecule has 0 radical (unpaired) electrons. The summed E-state index contributed by atoms with van der Waals surface area (Å²) in [5.74, 6) is 0.603. The van der Waals surface area contributed by atoms with Crippen molar-refractivity contribution in [1.29, 1.82) is 0 Å². The Hall–Kier alpha value is -0.770. The zero-order valence-corrected chi connectivity index (χ0v) is 11.5. The van der Waals surface area contributed by atoms with Crippen LogP contribution in [0.2, 0.25) is 0 Å². The van der Waals surface area contributed by atoms with E-state index in [1.54, 1.807) is 0 Å². The van der Waals surface area contributed by atoms with E-state index in [9.17, 15) is 4.79 Å². The van der Waals surface area contributed by atoms with Crippen LogP contribution in [0.1, 0.15) is 53.4 Å². The minimum absolute atomic E-state index is 0.250. The van der Waals surface area contributed by atoms with E-state index in [0.717, 1.165) is 25.7 Å². The smallest absolute Gasteiger partial charge is 0.407 e. The van der Waals surface area contributed by atoms with Crippen LogP contribution in [0.25, 0.3) is 0 Å². The Balaban J connectivity index is 2.29. The summed E-state index contributed by atoms with van der Waals surface area (Å²) in [6, 6.07) is 0.511. The predicted octanol–water partition coefficient (Wildman–Crippen LogP) is 2.42. The van der Waals surface area contributed by atoms with Gasteiger partial charge in [-0.2, -0.15) is 0 Å². The number of nitrogens with one attached hydrogen (secondary N) is 1. The molecule has 0 aliphatic heterocycles. The summed E-state index contributed by atoms with van der Waals surface area (Å²) >= 11 is 0. The number of alkyl carbamates (subject to hydrolysis) is 1. The minimum Gasteiger partial charge on any atom is -0.444 e. The van der Waals surface area contributed by atoms with Crippen LogP contribution in [-0.4, -0.2) is 23.8 Å². The molecule has 4 nitrogen and oxygen atoms in total. The molecule has 3 N–H and O–H groups in total. The van der Waals surface area contributed by atoms with E-state index in [0.29, 0.717) is 5.92 Å². The fourth-order valence-electron chi connectivity index (χ4n) is 2.26. The van der Waals surface area contributed by atoms with Gasteiger partial charge in [-0.25, -0.2) is 4.79 Å². The van der Waals surface area contributed by atoms with Crippen molar-refractivity contribution < 1.29 is 9.53 Å². The number of rotatable bonds is 2. The summed E-state index contributed by atoms with van der Waals surface area (Å²) in [6.07, 6.45) is 3.90. The maximum Gasteiger partial charge on any atom is 0.407 e. The second kappa shape index (κ2) is 5.71. The van der Waals surface area contributed by atoms with Gasteiger partial charge in [0, 0.05) is 12.1 Å².